The Balaban J connectivity index is 1.65. The fourth-order valence-corrected chi connectivity index (χ4v) is 2.51. The Kier molecular flexibility index (Phi) is 3.78. The summed E-state index contributed by atoms with van der Waals surface area (Å²) in [5.41, 5.74) is 0.948. The van der Waals surface area contributed by atoms with Gasteiger partial charge in [-0.15, -0.1) is 0 Å². The van der Waals surface area contributed by atoms with Gasteiger partial charge in [0.15, 0.2) is 0 Å². The highest BCUT2D eigenvalue weighted by Crippen LogP contribution is 2.47. The molecule has 0 amide bonds. The minimum absolute atomic E-state index is 0.621. The monoisotopic (exact) mass is 287 g/mol. The molecule has 0 saturated heterocycles. The van der Waals surface area contributed by atoms with Crippen LogP contribution in [0.4, 0.5) is 5.69 Å². The van der Waals surface area contributed by atoms with E-state index in [-0.39, 0.29) is 0 Å². The average molecular weight is 287 g/mol. The second kappa shape index (κ2) is 5.72. The maximum absolute atomic E-state index is 5.89. The normalized spacial score (nSPS) is 20.1. The van der Waals surface area contributed by atoms with Gasteiger partial charge >= 0.3 is 0 Å². The zero-order chi connectivity index (χ0) is 14.8. The van der Waals surface area contributed by atoms with Gasteiger partial charge in [0.1, 0.15) is 23.0 Å². The molecule has 112 valence electrons. The summed E-state index contributed by atoms with van der Waals surface area (Å²) >= 11 is 0. The third-order valence-corrected chi connectivity index (χ3v) is 3.98. The quantitative estimate of drug-likeness (QED) is 0.871. The van der Waals surface area contributed by atoms with E-state index in [0.29, 0.717) is 12.5 Å². The number of anilines is 1. The molecule has 2 unspecified atom stereocenters. The molecule has 4 nitrogen and oxygen atoms in total. The van der Waals surface area contributed by atoms with Gasteiger partial charge in [-0.3, -0.25) is 0 Å². The fourth-order valence-electron chi connectivity index (χ4n) is 2.51. The number of furan rings is 1. The Morgan fingerprint density at radius 1 is 1.14 bits per heavy atom. The summed E-state index contributed by atoms with van der Waals surface area (Å²) in [5, 5.41) is 3.34. The lowest BCUT2D eigenvalue weighted by atomic mass is 10.2. The van der Waals surface area contributed by atoms with Gasteiger partial charge in [-0.05, 0) is 24.5 Å². The van der Waals surface area contributed by atoms with Crippen LogP contribution in [0.25, 0.3) is 0 Å². The van der Waals surface area contributed by atoms with Crippen molar-refractivity contribution in [1.82, 2.24) is 0 Å². The molecule has 2 atom stereocenters. The van der Waals surface area contributed by atoms with E-state index >= 15 is 0 Å². The molecule has 4 heteroatoms. The lowest BCUT2D eigenvalue weighted by Gasteiger charge is -2.09. The van der Waals surface area contributed by atoms with Crippen LogP contribution in [0.15, 0.2) is 34.7 Å². The Morgan fingerprint density at radius 2 is 1.81 bits per heavy atom. The summed E-state index contributed by atoms with van der Waals surface area (Å²) < 4.78 is 16.4. The molecular weight excluding hydrogens is 266 g/mol. The first-order chi connectivity index (χ1) is 10.2. The molecule has 0 aliphatic heterocycles. The number of ether oxygens (including phenoxy) is 2. The van der Waals surface area contributed by atoms with E-state index in [2.05, 4.69) is 18.3 Å². The van der Waals surface area contributed by atoms with E-state index in [1.54, 1.807) is 14.2 Å². The van der Waals surface area contributed by atoms with E-state index in [1.165, 1.54) is 6.42 Å². The summed E-state index contributed by atoms with van der Waals surface area (Å²) in [5.74, 6) is 4.98. The summed E-state index contributed by atoms with van der Waals surface area (Å²) in [6.45, 7) is 2.91. The van der Waals surface area contributed by atoms with Crippen LogP contribution >= 0.6 is 0 Å². The molecular formula is C17H21NO3. The van der Waals surface area contributed by atoms with Crippen LogP contribution in [0, 0.1) is 5.92 Å². The van der Waals surface area contributed by atoms with E-state index < -0.39 is 0 Å². The number of hydrogen-bond donors (Lipinski definition) is 1. The van der Waals surface area contributed by atoms with Gasteiger partial charge in [-0.2, -0.15) is 0 Å². The van der Waals surface area contributed by atoms with Crippen molar-refractivity contribution in [1.29, 1.82) is 0 Å². The Bertz CT molecular complexity index is 598. The topological polar surface area (TPSA) is 43.6 Å². The first kappa shape index (κ1) is 13.9. The van der Waals surface area contributed by atoms with Crippen molar-refractivity contribution in [3.63, 3.8) is 0 Å². The summed E-state index contributed by atoms with van der Waals surface area (Å²) in [6, 6.07) is 9.87. The van der Waals surface area contributed by atoms with Gasteiger partial charge in [0.05, 0.1) is 20.8 Å². The largest absolute Gasteiger partial charge is 0.497 e. The molecule has 1 N–H and O–H groups in total. The van der Waals surface area contributed by atoms with Gasteiger partial charge in [0.25, 0.3) is 0 Å². The molecule has 3 rings (SSSR count). The van der Waals surface area contributed by atoms with Crippen molar-refractivity contribution in [3.8, 4) is 11.5 Å². The molecule has 0 bridgehead atoms. The van der Waals surface area contributed by atoms with Crippen molar-refractivity contribution in [2.45, 2.75) is 25.8 Å². The summed E-state index contributed by atoms with van der Waals surface area (Å²) in [7, 11) is 3.29. The average Bonchev–Trinajstić information content (AvgIpc) is 3.06. The van der Waals surface area contributed by atoms with Crippen molar-refractivity contribution in [2.24, 2.45) is 5.92 Å². The van der Waals surface area contributed by atoms with Gasteiger partial charge in [0, 0.05) is 29.8 Å². The number of nitrogens with one attached hydrogen (secondary N) is 1. The van der Waals surface area contributed by atoms with Gasteiger partial charge in [0.2, 0.25) is 0 Å². The molecule has 0 radical (unpaired) electrons. The van der Waals surface area contributed by atoms with Crippen LogP contribution in [0.1, 0.15) is 30.8 Å². The lowest BCUT2D eigenvalue weighted by Crippen LogP contribution is -1.99. The summed E-state index contributed by atoms with van der Waals surface area (Å²) in [6.07, 6.45) is 1.24. The van der Waals surface area contributed by atoms with Crippen LogP contribution < -0.4 is 14.8 Å². The molecule has 0 spiro atoms. The van der Waals surface area contributed by atoms with Gasteiger partial charge in [-0.25, -0.2) is 0 Å². The predicted molar refractivity (Wildman–Crippen MR) is 82.1 cm³/mol. The van der Waals surface area contributed by atoms with Crippen molar-refractivity contribution < 1.29 is 13.9 Å². The SMILES string of the molecule is COc1cc(NCc2ccc(C3CC3C)o2)cc(OC)c1. The third kappa shape index (κ3) is 3.15. The lowest BCUT2D eigenvalue weighted by molar-refractivity contribution is 0.394. The molecule has 1 aromatic carbocycles. The highest BCUT2D eigenvalue weighted by atomic mass is 16.5. The molecule has 1 aliphatic carbocycles. The highest BCUT2D eigenvalue weighted by molar-refractivity contribution is 5.53. The minimum atomic E-state index is 0.621. The number of rotatable bonds is 6. The fraction of sp³-hybridized carbons (Fsp3) is 0.412. The zero-order valence-electron chi connectivity index (χ0n) is 12.7. The highest BCUT2D eigenvalue weighted by Gasteiger charge is 2.36. The first-order valence-corrected chi connectivity index (χ1v) is 7.25. The Labute approximate surface area is 125 Å². The minimum Gasteiger partial charge on any atom is -0.497 e. The smallest absolute Gasteiger partial charge is 0.124 e. The maximum Gasteiger partial charge on any atom is 0.124 e. The van der Waals surface area contributed by atoms with Crippen molar-refractivity contribution in [2.75, 3.05) is 19.5 Å². The zero-order valence-corrected chi connectivity index (χ0v) is 12.7. The second-order valence-electron chi connectivity index (χ2n) is 5.58. The van der Waals surface area contributed by atoms with E-state index in [9.17, 15) is 0 Å². The molecule has 21 heavy (non-hydrogen) atoms. The predicted octanol–water partition coefficient (Wildman–Crippen LogP) is 4.03. The molecule has 1 aliphatic rings. The van der Waals surface area contributed by atoms with E-state index in [4.69, 9.17) is 13.9 Å². The van der Waals surface area contributed by atoms with Gasteiger partial charge in [-0.1, -0.05) is 6.92 Å². The van der Waals surface area contributed by atoms with Gasteiger partial charge < -0.3 is 19.2 Å². The first-order valence-electron chi connectivity index (χ1n) is 7.25. The van der Waals surface area contributed by atoms with Crippen LogP contribution in [0.5, 0.6) is 11.5 Å². The van der Waals surface area contributed by atoms with Crippen molar-refractivity contribution >= 4 is 5.69 Å². The third-order valence-electron chi connectivity index (χ3n) is 3.98. The molecule has 1 saturated carbocycles. The van der Waals surface area contributed by atoms with Crippen LogP contribution in [0.3, 0.4) is 0 Å². The number of hydrogen-bond acceptors (Lipinski definition) is 4. The van der Waals surface area contributed by atoms with Crippen LogP contribution in [-0.4, -0.2) is 14.2 Å². The second-order valence-corrected chi connectivity index (χ2v) is 5.58. The Hall–Kier alpha value is -2.10. The van der Waals surface area contributed by atoms with Crippen molar-refractivity contribution in [3.05, 3.63) is 41.9 Å². The van der Waals surface area contributed by atoms with E-state index in [0.717, 1.165) is 34.6 Å². The molecule has 1 aromatic heterocycles. The maximum atomic E-state index is 5.89. The summed E-state index contributed by atoms with van der Waals surface area (Å²) in [4.78, 5) is 0. The number of benzene rings is 1. The molecule has 1 heterocycles. The standard InChI is InChI=1S/C17H21NO3/c1-11-6-16(11)17-5-4-13(21-17)10-18-12-7-14(19-2)9-15(8-12)20-3/h4-5,7-9,11,16,18H,6,10H2,1-3H3. The Morgan fingerprint density at radius 3 is 2.38 bits per heavy atom. The van der Waals surface area contributed by atoms with Crippen LogP contribution in [0.2, 0.25) is 0 Å². The van der Waals surface area contributed by atoms with Crippen LogP contribution in [-0.2, 0) is 6.54 Å². The molecule has 2 aromatic rings. The number of methoxy groups -OCH3 is 2. The van der Waals surface area contributed by atoms with E-state index in [1.807, 2.05) is 24.3 Å². The molecule has 1 fully saturated rings.